The Bertz CT molecular complexity index is 352. The molecule has 0 amide bonds. The van der Waals surface area contributed by atoms with E-state index in [1.807, 2.05) is 12.1 Å². The molecule has 2 nitrogen and oxygen atoms in total. The van der Waals surface area contributed by atoms with Crippen molar-refractivity contribution in [3.05, 3.63) is 34.9 Å². The zero-order chi connectivity index (χ0) is 12.1. The molecule has 0 radical (unpaired) electrons. The third kappa shape index (κ3) is 3.98. The van der Waals surface area contributed by atoms with Crippen LogP contribution in [0, 0.1) is 0 Å². The van der Waals surface area contributed by atoms with E-state index >= 15 is 0 Å². The van der Waals surface area contributed by atoms with E-state index in [0.29, 0.717) is 6.04 Å². The van der Waals surface area contributed by atoms with E-state index in [2.05, 4.69) is 29.3 Å². The third-order valence-electron chi connectivity index (χ3n) is 3.29. The van der Waals surface area contributed by atoms with Crippen LogP contribution >= 0.6 is 11.6 Å². The summed E-state index contributed by atoms with van der Waals surface area (Å²) in [4.78, 5) is 2.52. The summed E-state index contributed by atoms with van der Waals surface area (Å²) < 4.78 is 0. The van der Waals surface area contributed by atoms with Gasteiger partial charge in [-0.05, 0) is 43.6 Å². The van der Waals surface area contributed by atoms with Gasteiger partial charge in [-0.25, -0.2) is 0 Å². The van der Waals surface area contributed by atoms with Gasteiger partial charge in [0.05, 0.1) is 0 Å². The molecule has 1 fully saturated rings. The quantitative estimate of drug-likeness (QED) is 0.887. The third-order valence-corrected chi connectivity index (χ3v) is 3.53. The zero-order valence-corrected chi connectivity index (χ0v) is 11.2. The van der Waals surface area contributed by atoms with Gasteiger partial charge in [-0.15, -0.1) is 0 Å². The predicted molar refractivity (Wildman–Crippen MR) is 73.4 cm³/mol. The zero-order valence-electron chi connectivity index (χ0n) is 10.5. The fraction of sp³-hybridized carbons (Fsp3) is 0.571. The Morgan fingerprint density at radius 3 is 3.12 bits per heavy atom. The number of benzene rings is 1. The molecule has 0 spiro atoms. The molecule has 1 unspecified atom stereocenters. The SMILES string of the molecule is CCNC1CCCN(Cc2cccc(Cl)c2)C1. The second-order valence-corrected chi connectivity index (χ2v) is 5.20. The number of halogens is 1. The molecule has 1 aromatic carbocycles. The maximum absolute atomic E-state index is 6.01. The number of nitrogens with one attached hydrogen (secondary N) is 1. The number of likely N-dealkylation sites (tertiary alicyclic amines) is 1. The molecule has 0 aliphatic carbocycles. The molecule has 1 aliphatic rings. The topological polar surface area (TPSA) is 15.3 Å². The molecular formula is C14H21ClN2. The highest BCUT2D eigenvalue weighted by Crippen LogP contribution is 2.16. The number of likely N-dealkylation sites (N-methyl/N-ethyl adjacent to an activating group) is 1. The molecule has 1 N–H and O–H groups in total. The van der Waals surface area contributed by atoms with Crippen molar-refractivity contribution in [2.45, 2.75) is 32.4 Å². The Hall–Kier alpha value is -0.570. The number of nitrogens with zero attached hydrogens (tertiary/aromatic N) is 1. The first kappa shape index (κ1) is 12.9. The van der Waals surface area contributed by atoms with Gasteiger partial charge in [-0.3, -0.25) is 4.90 Å². The molecule has 1 atom stereocenters. The molecule has 1 heterocycles. The summed E-state index contributed by atoms with van der Waals surface area (Å²) in [5.41, 5.74) is 1.31. The highest BCUT2D eigenvalue weighted by Gasteiger charge is 2.18. The fourth-order valence-corrected chi connectivity index (χ4v) is 2.76. The predicted octanol–water partition coefficient (Wildman–Crippen LogP) is 2.91. The minimum Gasteiger partial charge on any atom is -0.313 e. The van der Waals surface area contributed by atoms with Crippen LogP contribution in [0.4, 0.5) is 0 Å². The van der Waals surface area contributed by atoms with Gasteiger partial charge < -0.3 is 5.32 Å². The monoisotopic (exact) mass is 252 g/mol. The van der Waals surface area contributed by atoms with Crippen LogP contribution in [0.15, 0.2) is 24.3 Å². The molecule has 0 bridgehead atoms. The molecule has 0 saturated carbocycles. The first-order valence-electron chi connectivity index (χ1n) is 6.48. The summed E-state index contributed by atoms with van der Waals surface area (Å²) in [5, 5.41) is 4.38. The van der Waals surface area contributed by atoms with Crippen LogP contribution < -0.4 is 5.32 Å². The van der Waals surface area contributed by atoms with Gasteiger partial charge in [0.1, 0.15) is 0 Å². The number of hydrogen-bond acceptors (Lipinski definition) is 2. The van der Waals surface area contributed by atoms with E-state index in [0.717, 1.165) is 24.7 Å². The normalized spacial score (nSPS) is 21.6. The number of hydrogen-bond donors (Lipinski definition) is 1. The Kier molecular flexibility index (Phi) is 4.84. The smallest absolute Gasteiger partial charge is 0.0409 e. The average molecular weight is 253 g/mol. The summed E-state index contributed by atoms with van der Waals surface area (Å²) in [5.74, 6) is 0. The van der Waals surface area contributed by atoms with E-state index in [1.54, 1.807) is 0 Å². The summed E-state index contributed by atoms with van der Waals surface area (Å²) >= 11 is 6.01. The van der Waals surface area contributed by atoms with Crippen LogP contribution in [-0.2, 0) is 6.54 Å². The Morgan fingerprint density at radius 2 is 2.35 bits per heavy atom. The summed E-state index contributed by atoms with van der Waals surface area (Å²) in [6.45, 7) is 6.61. The molecule has 1 saturated heterocycles. The van der Waals surface area contributed by atoms with Crippen molar-refractivity contribution in [2.75, 3.05) is 19.6 Å². The maximum atomic E-state index is 6.01. The first-order valence-corrected chi connectivity index (χ1v) is 6.86. The van der Waals surface area contributed by atoms with Crippen molar-refractivity contribution in [3.8, 4) is 0 Å². The standard InChI is InChI=1S/C14H21ClN2/c1-2-16-14-7-4-8-17(11-14)10-12-5-3-6-13(15)9-12/h3,5-6,9,14,16H,2,4,7-8,10-11H2,1H3. The van der Waals surface area contributed by atoms with E-state index < -0.39 is 0 Å². The van der Waals surface area contributed by atoms with Crippen LogP contribution in [-0.4, -0.2) is 30.6 Å². The van der Waals surface area contributed by atoms with Crippen molar-refractivity contribution >= 4 is 11.6 Å². The summed E-state index contributed by atoms with van der Waals surface area (Å²) in [7, 11) is 0. The molecule has 3 heteroatoms. The fourth-order valence-electron chi connectivity index (χ4n) is 2.55. The minimum atomic E-state index is 0.660. The van der Waals surface area contributed by atoms with Crippen LogP contribution in [0.2, 0.25) is 5.02 Å². The molecular weight excluding hydrogens is 232 g/mol. The highest BCUT2D eigenvalue weighted by molar-refractivity contribution is 6.30. The summed E-state index contributed by atoms with van der Waals surface area (Å²) in [6, 6.07) is 8.85. The lowest BCUT2D eigenvalue weighted by Crippen LogP contribution is -2.45. The van der Waals surface area contributed by atoms with Gasteiger partial charge in [-0.2, -0.15) is 0 Å². The van der Waals surface area contributed by atoms with Gasteiger partial charge in [0.15, 0.2) is 0 Å². The first-order chi connectivity index (χ1) is 8.28. The van der Waals surface area contributed by atoms with Crippen molar-refractivity contribution in [3.63, 3.8) is 0 Å². The van der Waals surface area contributed by atoms with Crippen LogP contribution in [0.1, 0.15) is 25.3 Å². The minimum absolute atomic E-state index is 0.660. The molecule has 94 valence electrons. The van der Waals surface area contributed by atoms with E-state index in [9.17, 15) is 0 Å². The van der Waals surface area contributed by atoms with Gasteiger partial charge in [0.25, 0.3) is 0 Å². The van der Waals surface area contributed by atoms with Crippen molar-refractivity contribution in [1.29, 1.82) is 0 Å². The summed E-state index contributed by atoms with van der Waals surface area (Å²) in [6.07, 6.45) is 2.60. The largest absolute Gasteiger partial charge is 0.313 e. The van der Waals surface area contributed by atoms with E-state index in [-0.39, 0.29) is 0 Å². The second-order valence-electron chi connectivity index (χ2n) is 4.76. The lowest BCUT2D eigenvalue weighted by molar-refractivity contribution is 0.184. The average Bonchev–Trinajstić information content (AvgIpc) is 2.30. The second kappa shape index (κ2) is 6.39. The van der Waals surface area contributed by atoms with Crippen LogP contribution in [0.3, 0.4) is 0 Å². The molecule has 0 aromatic heterocycles. The van der Waals surface area contributed by atoms with Crippen LogP contribution in [0.25, 0.3) is 0 Å². The van der Waals surface area contributed by atoms with Gasteiger partial charge in [-0.1, -0.05) is 30.7 Å². The molecule has 17 heavy (non-hydrogen) atoms. The van der Waals surface area contributed by atoms with Crippen molar-refractivity contribution in [1.82, 2.24) is 10.2 Å². The van der Waals surface area contributed by atoms with E-state index in [4.69, 9.17) is 11.6 Å². The molecule has 1 aromatic rings. The van der Waals surface area contributed by atoms with Crippen LogP contribution in [0.5, 0.6) is 0 Å². The Labute approximate surface area is 109 Å². The lowest BCUT2D eigenvalue weighted by atomic mass is 10.0. The van der Waals surface area contributed by atoms with Crippen molar-refractivity contribution in [2.24, 2.45) is 0 Å². The van der Waals surface area contributed by atoms with Gasteiger partial charge >= 0.3 is 0 Å². The number of rotatable bonds is 4. The molecule has 2 rings (SSSR count). The highest BCUT2D eigenvalue weighted by atomic mass is 35.5. The Morgan fingerprint density at radius 1 is 1.47 bits per heavy atom. The van der Waals surface area contributed by atoms with Crippen molar-refractivity contribution < 1.29 is 0 Å². The maximum Gasteiger partial charge on any atom is 0.0409 e. The number of piperidine rings is 1. The van der Waals surface area contributed by atoms with Gasteiger partial charge in [0.2, 0.25) is 0 Å². The lowest BCUT2D eigenvalue weighted by Gasteiger charge is -2.33. The molecule has 1 aliphatic heterocycles. The Balaban J connectivity index is 1.90. The van der Waals surface area contributed by atoms with E-state index in [1.165, 1.54) is 24.9 Å². The van der Waals surface area contributed by atoms with Gasteiger partial charge in [0, 0.05) is 24.2 Å².